The van der Waals surface area contributed by atoms with Crippen LogP contribution in [0.4, 0.5) is 0 Å². The van der Waals surface area contributed by atoms with Crippen LogP contribution < -0.4 is 5.32 Å². The van der Waals surface area contributed by atoms with Gasteiger partial charge in [0.1, 0.15) is 0 Å². The van der Waals surface area contributed by atoms with Gasteiger partial charge in [0, 0.05) is 26.1 Å². The van der Waals surface area contributed by atoms with Gasteiger partial charge in [-0.25, -0.2) is 8.42 Å². The second-order valence-electron chi connectivity index (χ2n) is 10.0. The molecule has 39 heavy (non-hydrogen) atoms. The summed E-state index contributed by atoms with van der Waals surface area (Å²) in [6.45, 7) is 0.604. The summed E-state index contributed by atoms with van der Waals surface area (Å²) < 4.78 is 33.2. The van der Waals surface area contributed by atoms with Gasteiger partial charge >= 0.3 is 0 Å². The number of carbonyl (C=O) groups excluding carboxylic acids is 1. The van der Waals surface area contributed by atoms with Crippen LogP contribution in [0.2, 0.25) is 0 Å². The van der Waals surface area contributed by atoms with E-state index in [4.69, 9.17) is 4.74 Å². The zero-order valence-corrected chi connectivity index (χ0v) is 23.2. The number of aliphatic hydroxyl groups excluding tert-OH is 1. The summed E-state index contributed by atoms with van der Waals surface area (Å²) in [5, 5.41) is 13.0. The molecule has 0 saturated heterocycles. The van der Waals surface area contributed by atoms with Crippen LogP contribution in [0.15, 0.2) is 89.8 Å². The van der Waals surface area contributed by atoms with Crippen LogP contribution in [0, 0.1) is 5.92 Å². The van der Waals surface area contributed by atoms with Gasteiger partial charge in [0.2, 0.25) is 15.9 Å². The number of nitrogens with one attached hydrogen (secondary N) is 1. The molecule has 0 heterocycles. The maximum Gasteiger partial charge on any atom is 0.243 e. The van der Waals surface area contributed by atoms with Crippen molar-refractivity contribution in [3.8, 4) is 0 Å². The first-order valence-corrected chi connectivity index (χ1v) is 15.0. The molecule has 0 bridgehead atoms. The second-order valence-corrected chi connectivity index (χ2v) is 12.0. The van der Waals surface area contributed by atoms with Gasteiger partial charge in [0.15, 0.2) is 0 Å². The Morgan fingerprint density at radius 3 is 2.26 bits per heavy atom. The fourth-order valence-electron chi connectivity index (χ4n) is 5.33. The number of rotatable bonds is 12. The lowest BCUT2D eigenvalue weighted by atomic mass is 9.74. The van der Waals surface area contributed by atoms with Crippen molar-refractivity contribution in [1.82, 2.24) is 9.62 Å². The highest BCUT2D eigenvalue weighted by atomic mass is 32.2. The summed E-state index contributed by atoms with van der Waals surface area (Å²) in [6.07, 6.45) is 3.76. The number of nitrogens with zero attached hydrogens (tertiary/aromatic N) is 1. The second kappa shape index (κ2) is 13.8. The number of carbonyl (C=O) groups is 1. The normalized spacial score (nSPS) is 18.5. The standard InChI is InChI=1S/C31H38N2O5S/c1-38-21-20-33(39(36,37)27-12-6-3-7-13-27)22-24-16-18-25(19-17-24)28-14-8-9-15-29(28)31(35)32-30(23-34)26-10-4-2-5-11-26/h2-7,10-13,16-19,28-30,34H,8-9,14-15,20-23H2,1H3,(H,32,35). The summed E-state index contributed by atoms with van der Waals surface area (Å²) >= 11 is 0. The minimum absolute atomic E-state index is 0.0358. The SMILES string of the molecule is COCCN(Cc1ccc(C2CCCCC2C(=O)NC(CO)c2ccccc2)cc1)S(=O)(=O)c1ccccc1. The fourth-order valence-corrected chi connectivity index (χ4v) is 6.77. The van der Waals surface area contributed by atoms with Gasteiger partial charge in [-0.3, -0.25) is 4.79 Å². The molecule has 0 spiro atoms. The highest BCUT2D eigenvalue weighted by molar-refractivity contribution is 7.89. The van der Waals surface area contributed by atoms with Crippen LogP contribution in [-0.4, -0.2) is 50.6 Å². The molecule has 4 rings (SSSR count). The number of aliphatic hydroxyl groups is 1. The highest BCUT2D eigenvalue weighted by Gasteiger charge is 2.33. The number of methoxy groups -OCH3 is 1. The van der Waals surface area contributed by atoms with Crippen LogP contribution >= 0.6 is 0 Å². The molecule has 1 amide bonds. The third kappa shape index (κ3) is 7.33. The topological polar surface area (TPSA) is 95.9 Å². The Hall–Kier alpha value is -3.04. The molecule has 3 aromatic rings. The van der Waals surface area contributed by atoms with Gasteiger partial charge < -0.3 is 15.2 Å². The van der Waals surface area contributed by atoms with E-state index in [1.807, 2.05) is 54.6 Å². The molecule has 7 nitrogen and oxygen atoms in total. The summed E-state index contributed by atoms with van der Waals surface area (Å²) in [4.78, 5) is 13.6. The van der Waals surface area contributed by atoms with Gasteiger partial charge in [0.05, 0.1) is 24.2 Å². The predicted molar refractivity (Wildman–Crippen MR) is 151 cm³/mol. The summed E-state index contributed by atoms with van der Waals surface area (Å²) in [6, 6.07) is 25.5. The summed E-state index contributed by atoms with van der Waals surface area (Å²) in [5.74, 6) is -0.147. The lowest BCUT2D eigenvalue weighted by Gasteiger charge is -2.32. The Labute approximate surface area is 231 Å². The molecule has 8 heteroatoms. The molecule has 0 radical (unpaired) electrons. The van der Waals surface area contributed by atoms with E-state index in [9.17, 15) is 18.3 Å². The summed E-state index contributed by atoms with van der Waals surface area (Å²) in [7, 11) is -2.12. The van der Waals surface area contributed by atoms with Gasteiger partial charge in [-0.15, -0.1) is 0 Å². The number of hydrogen-bond acceptors (Lipinski definition) is 5. The monoisotopic (exact) mass is 550 g/mol. The minimum Gasteiger partial charge on any atom is -0.394 e. The van der Waals surface area contributed by atoms with Crippen LogP contribution in [0.1, 0.15) is 54.3 Å². The molecule has 1 aliphatic carbocycles. The first kappa shape index (κ1) is 29.0. The van der Waals surface area contributed by atoms with Crippen molar-refractivity contribution in [1.29, 1.82) is 0 Å². The lowest BCUT2D eigenvalue weighted by Crippen LogP contribution is -2.39. The van der Waals surface area contributed by atoms with E-state index in [2.05, 4.69) is 5.32 Å². The maximum atomic E-state index is 13.4. The number of amides is 1. The molecule has 3 aromatic carbocycles. The van der Waals surface area contributed by atoms with Gasteiger partial charge in [0.25, 0.3) is 0 Å². The van der Waals surface area contributed by atoms with E-state index in [0.717, 1.165) is 42.4 Å². The van der Waals surface area contributed by atoms with Gasteiger partial charge in [-0.1, -0.05) is 85.6 Å². The summed E-state index contributed by atoms with van der Waals surface area (Å²) in [5.41, 5.74) is 2.83. The van der Waals surface area contributed by atoms with Crippen molar-refractivity contribution >= 4 is 15.9 Å². The Balaban J connectivity index is 1.48. The quantitative estimate of drug-likeness (QED) is 0.342. The van der Waals surface area contributed by atoms with Crippen molar-refractivity contribution in [2.45, 2.75) is 49.1 Å². The largest absolute Gasteiger partial charge is 0.394 e. The first-order chi connectivity index (χ1) is 18.9. The van der Waals surface area contributed by atoms with Crippen molar-refractivity contribution < 1.29 is 23.1 Å². The van der Waals surface area contributed by atoms with Crippen LogP contribution in [0.25, 0.3) is 0 Å². The molecule has 208 valence electrons. The molecule has 3 unspecified atom stereocenters. The van der Waals surface area contributed by atoms with Crippen molar-refractivity contribution in [2.75, 3.05) is 26.9 Å². The van der Waals surface area contributed by atoms with E-state index in [-0.39, 0.29) is 42.3 Å². The highest BCUT2D eigenvalue weighted by Crippen LogP contribution is 2.38. The Kier molecular flexibility index (Phi) is 10.3. The zero-order chi connectivity index (χ0) is 27.7. The number of hydrogen-bond donors (Lipinski definition) is 2. The van der Waals surface area contributed by atoms with Crippen molar-refractivity contribution in [3.63, 3.8) is 0 Å². The molecule has 1 aliphatic rings. The Morgan fingerprint density at radius 2 is 1.62 bits per heavy atom. The molecular weight excluding hydrogens is 512 g/mol. The third-order valence-corrected chi connectivity index (χ3v) is 9.36. The average Bonchev–Trinajstić information content (AvgIpc) is 2.99. The minimum atomic E-state index is -3.68. The van der Waals surface area contributed by atoms with Gasteiger partial charge in [-0.2, -0.15) is 4.31 Å². The molecule has 0 aliphatic heterocycles. The predicted octanol–water partition coefficient (Wildman–Crippen LogP) is 4.65. The van der Waals surface area contributed by atoms with Gasteiger partial charge in [-0.05, 0) is 47.6 Å². The van der Waals surface area contributed by atoms with E-state index in [0.29, 0.717) is 6.61 Å². The van der Waals surface area contributed by atoms with Crippen LogP contribution in [0.3, 0.4) is 0 Å². The molecule has 2 N–H and O–H groups in total. The Bertz CT molecular complexity index is 1280. The fraction of sp³-hybridized carbons (Fsp3) is 0.387. The van der Waals surface area contributed by atoms with Crippen molar-refractivity contribution in [2.24, 2.45) is 5.92 Å². The molecule has 1 fully saturated rings. The van der Waals surface area contributed by atoms with E-state index in [1.165, 1.54) is 4.31 Å². The molecule has 1 saturated carbocycles. The molecular formula is C31H38N2O5S. The number of benzene rings is 3. The maximum absolute atomic E-state index is 13.4. The Morgan fingerprint density at radius 1 is 0.974 bits per heavy atom. The third-order valence-electron chi connectivity index (χ3n) is 7.50. The zero-order valence-electron chi connectivity index (χ0n) is 22.4. The van der Waals surface area contributed by atoms with E-state index in [1.54, 1.807) is 37.4 Å². The lowest BCUT2D eigenvalue weighted by molar-refractivity contribution is -0.127. The molecule has 3 atom stereocenters. The van der Waals surface area contributed by atoms with E-state index >= 15 is 0 Å². The number of ether oxygens (including phenoxy) is 1. The molecule has 0 aromatic heterocycles. The van der Waals surface area contributed by atoms with Crippen LogP contribution in [0.5, 0.6) is 0 Å². The first-order valence-electron chi connectivity index (χ1n) is 13.5. The van der Waals surface area contributed by atoms with Crippen molar-refractivity contribution in [3.05, 3.63) is 102 Å². The van der Waals surface area contributed by atoms with Crippen LogP contribution in [-0.2, 0) is 26.1 Å². The van der Waals surface area contributed by atoms with E-state index < -0.39 is 16.1 Å². The number of sulfonamides is 1. The smallest absolute Gasteiger partial charge is 0.243 e. The average molecular weight is 551 g/mol.